The van der Waals surface area contributed by atoms with Crippen LogP contribution in [0.25, 0.3) is 0 Å². The number of unbranched alkanes of at least 4 members (excludes halogenated alkanes) is 2. The van der Waals surface area contributed by atoms with Gasteiger partial charge < -0.3 is 11.7 Å². The van der Waals surface area contributed by atoms with E-state index in [1.54, 1.807) is 0 Å². The van der Waals surface area contributed by atoms with Crippen LogP contribution < -0.4 is 0 Å². The van der Waals surface area contributed by atoms with E-state index in [1.807, 2.05) is 6.92 Å². The molecule has 0 bridgehead atoms. The molecule has 0 aromatic rings. The monoisotopic (exact) mass is 274 g/mol. The molecule has 0 N–H and O–H groups in total. The molecule has 0 rings (SSSR count). The molecule has 0 fully saturated rings. The van der Waals surface area contributed by atoms with Crippen LogP contribution in [-0.4, -0.2) is 13.2 Å². The van der Waals surface area contributed by atoms with Gasteiger partial charge in [0.15, 0.2) is 0 Å². The summed E-state index contributed by atoms with van der Waals surface area (Å²) in [6.07, 6.45) is 3.39. The average molecular weight is 274 g/mol. The van der Waals surface area contributed by atoms with Crippen LogP contribution >= 0.6 is 0 Å². The quantitative estimate of drug-likeness (QED) is 0.550. The van der Waals surface area contributed by atoms with Crippen LogP contribution in [0.5, 0.6) is 0 Å². The maximum atomic E-state index is 5.11. The average Bonchev–Trinajstić information content (AvgIpc) is 1.81. The molecule has 0 aliphatic rings. The third-order valence-electron chi connectivity index (χ3n) is 0.993. The van der Waals surface area contributed by atoms with Gasteiger partial charge in [-0.1, -0.05) is 6.42 Å². The largest absolute Gasteiger partial charge is 0.382 e. The third kappa shape index (κ3) is 12.4. The van der Waals surface area contributed by atoms with Gasteiger partial charge in [0.1, 0.15) is 0 Å². The summed E-state index contributed by atoms with van der Waals surface area (Å²) in [5.41, 5.74) is 0. The minimum atomic E-state index is 0. The van der Waals surface area contributed by atoms with Crippen LogP contribution in [0.15, 0.2) is 0 Å². The number of hydrogen-bond donors (Lipinski definition) is 0. The summed E-state index contributed by atoms with van der Waals surface area (Å²) in [5, 5.41) is 0. The summed E-state index contributed by atoms with van der Waals surface area (Å²) in [6.45, 7) is 7.50. The normalized spacial score (nSPS) is 8.67. The Balaban J connectivity index is 0. The first-order valence-corrected chi connectivity index (χ1v) is 3.28. The van der Waals surface area contributed by atoms with Crippen molar-refractivity contribution in [3.8, 4) is 0 Å². The molecule has 0 saturated heterocycles. The Morgan fingerprint density at radius 1 is 1.33 bits per heavy atom. The van der Waals surface area contributed by atoms with Gasteiger partial charge in [-0.15, -0.1) is 0 Å². The van der Waals surface area contributed by atoms with E-state index in [-0.39, 0.29) is 38.6 Å². The number of hydrogen-bond acceptors (Lipinski definition) is 1. The zero-order valence-corrected chi connectivity index (χ0v) is 8.12. The molecule has 59 valence electrons. The van der Waals surface area contributed by atoms with Gasteiger partial charge in [0.2, 0.25) is 0 Å². The van der Waals surface area contributed by atoms with E-state index in [0.717, 1.165) is 26.1 Å². The topological polar surface area (TPSA) is 9.23 Å². The van der Waals surface area contributed by atoms with Crippen LogP contribution in [0, 0.1) is 45.5 Å². The molecule has 0 aliphatic heterocycles. The van der Waals surface area contributed by atoms with Crippen molar-refractivity contribution >= 4 is 0 Å². The molecule has 0 amide bonds. The molecule has 1 radical (unpaired) electrons. The molecule has 0 saturated carbocycles. The van der Waals surface area contributed by atoms with E-state index in [1.165, 1.54) is 6.42 Å². The van der Waals surface area contributed by atoms with Crippen molar-refractivity contribution in [1.82, 2.24) is 0 Å². The van der Waals surface area contributed by atoms with Crippen molar-refractivity contribution < 1.29 is 43.3 Å². The van der Waals surface area contributed by atoms with Crippen LogP contribution in [-0.2, 0) is 4.74 Å². The second-order valence-corrected chi connectivity index (χ2v) is 1.76. The van der Waals surface area contributed by atoms with Crippen LogP contribution in [0.4, 0.5) is 0 Å². The molecule has 0 heterocycles. The summed E-state index contributed by atoms with van der Waals surface area (Å²) in [7, 11) is 0. The van der Waals surface area contributed by atoms with Crippen molar-refractivity contribution in [2.45, 2.75) is 26.2 Å². The van der Waals surface area contributed by atoms with Crippen LogP contribution in [0.1, 0.15) is 26.2 Å². The molecule has 0 unspecified atom stereocenters. The summed E-state index contributed by atoms with van der Waals surface area (Å²) in [6, 6.07) is 0. The number of rotatable bonds is 5. The van der Waals surface area contributed by atoms with E-state index < -0.39 is 0 Å². The predicted molar refractivity (Wildman–Crippen MR) is 35.7 cm³/mol. The van der Waals surface area contributed by atoms with E-state index >= 15 is 0 Å². The summed E-state index contributed by atoms with van der Waals surface area (Å²) >= 11 is 0. The maximum Gasteiger partial charge on any atom is 0.0464 e. The minimum absolute atomic E-state index is 0. The first kappa shape index (κ1) is 12.9. The number of ether oxygens (including phenoxy) is 1. The van der Waals surface area contributed by atoms with Crippen molar-refractivity contribution in [1.29, 1.82) is 0 Å². The minimum Gasteiger partial charge on any atom is -0.382 e. The smallest absolute Gasteiger partial charge is 0.0464 e. The van der Waals surface area contributed by atoms with Gasteiger partial charge in [0, 0.05) is 51.8 Å². The fraction of sp³-hybridized carbons (Fsp3) is 0.857. The van der Waals surface area contributed by atoms with E-state index in [2.05, 4.69) is 6.92 Å². The Morgan fingerprint density at radius 3 is 2.44 bits per heavy atom. The molecule has 0 atom stereocenters. The van der Waals surface area contributed by atoms with Gasteiger partial charge in [0.05, 0.1) is 0 Å². The molecule has 2 heteroatoms. The van der Waals surface area contributed by atoms with Crippen molar-refractivity contribution in [3.63, 3.8) is 0 Å². The van der Waals surface area contributed by atoms with E-state index in [9.17, 15) is 0 Å². The fourth-order valence-corrected chi connectivity index (χ4v) is 0.525. The Kier molecular flexibility index (Phi) is 17.1. The van der Waals surface area contributed by atoms with E-state index in [4.69, 9.17) is 4.74 Å². The first-order chi connectivity index (χ1) is 3.91. The van der Waals surface area contributed by atoms with Gasteiger partial charge in [-0.05, 0) is 13.3 Å². The van der Waals surface area contributed by atoms with Crippen molar-refractivity contribution in [2.24, 2.45) is 0 Å². The standard InChI is InChI=1S/C7H15O.Tb/c1-3-5-6-7-8-4-2;/h1,3-7H2,2H3;/q-1;. The molecule has 1 nitrogen and oxygen atoms in total. The molecular weight excluding hydrogens is 259 g/mol. The second kappa shape index (κ2) is 12.0. The zero-order valence-electron chi connectivity index (χ0n) is 5.98. The molecular formula is C7H15OTb-. The molecule has 0 aromatic heterocycles. The Hall–Kier alpha value is 1.25. The Bertz CT molecular complexity index is 33.9. The van der Waals surface area contributed by atoms with Gasteiger partial charge in [0.25, 0.3) is 0 Å². The second-order valence-electron chi connectivity index (χ2n) is 1.76. The fourth-order valence-electron chi connectivity index (χ4n) is 0.525. The van der Waals surface area contributed by atoms with Gasteiger partial charge >= 0.3 is 0 Å². The van der Waals surface area contributed by atoms with E-state index in [0.29, 0.717) is 0 Å². The Morgan fingerprint density at radius 2 is 2.00 bits per heavy atom. The van der Waals surface area contributed by atoms with Crippen molar-refractivity contribution in [2.75, 3.05) is 13.2 Å². The molecule has 0 spiro atoms. The predicted octanol–water partition coefficient (Wildman–Crippen LogP) is 2.03. The van der Waals surface area contributed by atoms with Gasteiger partial charge in [-0.3, -0.25) is 0 Å². The molecule has 9 heavy (non-hydrogen) atoms. The summed E-state index contributed by atoms with van der Waals surface area (Å²) in [4.78, 5) is 0. The third-order valence-corrected chi connectivity index (χ3v) is 0.993. The summed E-state index contributed by atoms with van der Waals surface area (Å²) in [5.74, 6) is 0. The Labute approximate surface area is 89.0 Å². The van der Waals surface area contributed by atoms with Crippen LogP contribution in [0.3, 0.4) is 0 Å². The molecule has 0 aromatic carbocycles. The SMILES string of the molecule is [CH2-]CCCCOCC.[Tb]. The maximum absolute atomic E-state index is 5.11. The van der Waals surface area contributed by atoms with Gasteiger partial charge in [-0.25, -0.2) is 0 Å². The van der Waals surface area contributed by atoms with Crippen LogP contribution in [0.2, 0.25) is 0 Å². The van der Waals surface area contributed by atoms with Crippen molar-refractivity contribution in [3.05, 3.63) is 6.92 Å². The first-order valence-electron chi connectivity index (χ1n) is 3.28. The zero-order chi connectivity index (χ0) is 6.24. The summed E-state index contributed by atoms with van der Waals surface area (Å²) < 4.78 is 5.11. The van der Waals surface area contributed by atoms with Gasteiger partial charge in [-0.2, -0.15) is 6.42 Å². The molecule has 0 aliphatic carbocycles.